The Morgan fingerprint density at radius 2 is 1.61 bits per heavy atom. The third-order valence-electron chi connectivity index (χ3n) is 5.57. The summed E-state index contributed by atoms with van der Waals surface area (Å²) in [5, 5.41) is 0. The highest BCUT2D eigenvalue weighted by atomic mass is 16.2. The Morgan fingerprint density at radius 3 is 2.29 bits per heavy atom. The van der Waals surface area contributed by atoms with E-state index in [2.05, 4.69) is 26.9 Å². The van der Waals surface area contributed by atoms with E-state index < -0.39 is 0 Å². The van der Waals surface area contributed by atoms with E-state index in [9.17, 15) is 4.79 Å². The first kappa shape index (κ1) is 18.3. The van der Waals surface area contributed by atoms with Crippen LogP contribution in [-0.2, 0) is 0 Å². The molecule has 6 heteroatoms. The van der Waals surface area contributed by atoms with Gasteiger partial charge in [0.1, 0.15) is 0 Å². The van der Waals surface area contributed by atoms with Crippen molar-refractivity contribution in [1.29, 1.82) is 0 Å². The predicted molar refractivity (Wildman–Crippen MR) is 115 cm³/mol. The number of benzene rings is 2. The molecule has 1 amide bonds. The fourth-order valence-electron chi connectivity index (χ4n) is 4.04. The maximum Gasteiger partial charge on any atom is 0.253 e. The average Bonchev–Trinajstić information content (AvgIpc) is 3.29. The van der Waals surface area contributed by atoms with E-state index in [-0.39, 0.29) is 5.91 Å². The summed E-state index contributed by atoms with van der Waals surface area (Å²) in [6, 6.07) is 15.9. The Labute approximate surface area is 166 Å². The van der Waals surface area contributed by atoms with Crippen molar-refractivity contribution in [1.82, 2.24) is 4.90 Å². The minimum Gasteiger partial charge on any atom is -0.390 e. The zero-order valence-electron chi connectivity index (χ0n) is 16.1. The minimum atomic E-state index is 0.116. The van der Waals surface area contributed by atoms with Crippen LogP contribution in [0, 0.1) is 0 Å². The van der Waals surface area contributed by atoms with Crippen molar-refractivity contribution in [2.24, 2.45) is 10.7 Å². The number of carbonyl (C=O) groups excluding carboxylic acids is 1. The summed E-state index contributed by atoms with van der Waals surface area (Å²) in [6.07, 6.45) is 3.80. The number of hydrogen-bond donors (Lipinski definition) is 1. The van der Waals surface area contributed by atoms with Crippen molar-refractivity contribution in [3.63, 3.8) is 0 Å². The van der Waals surface area contributed by atoms with Gasteiger partial charge >= 0.3 is 0 Å². The van der Waals surface area contributed by atoms with Crippen molar-refractivity contribution in [2.45, 2.75) is 12.8 Å². The number of rotatable bonds is 4. The van der Waals surface area contributed by atoms with Crippen LogP contribution < -0.4 is 15.5 Å². The van der Waals surface area contributed by atoms with Gasteiger partial charge in [0.05, 0.1) is 17.7 Å². The Morgan fingerprint density at radius 1 is 0.893 bits per heavy atom. The second-order valence-corrected chi connectivity index (χ2v) is 7.29. The molecule has 0 radical (unpaired) electrons. The Balaban J connectivity index is 1.47. The van der Waals surface area contributed by atoms with Gasteiger partial charge in [0, 0.05) is 50.5 Å². The van der Waals surface area contributed by atoms with Gasteiger partial charge in [-0.05, 0) is 43.2 Å². The molecule has 2 aliphatic heterocycles. The molecule has 2 saturated heterocycles. The standard InChI is InChI=1S/C22H27N5O/c23-17-24-20-9-8-19(16-21(20)26-10-4-5-11-26)25-12-14-27(15-13-25)22(28)18-6-2-1-3-7-18/h1-3,6-9,16-17H,4-5,10-15H2,(H2,23,24). The van der Waals surface area contributed by atoms with Gasteiger partial charge in [-0.25, -0.2) is 4.99 Å². The quantitative estimate of drug-likeness (QED) is 0.657. The third-order valence-corrected chi connectivity index (χ3v) is 5.57. The number of amides is 1. The molecule has 0 unspecified atom stereocenters. The first-order valence-electron chi connectivity index (χ1n) is 9.99. The average molecular weight is 377 g/mol. The summed E-state index contributed by atoms with van der Waals surface area (Å²) in [5.41, 5.74) is 9.56. The van der Waals surface area contributed by atoms with Crippen molar-refractivity contribution < 1.29 is 4.79 Å². The lowest BCUT2D eigenvalue weighted by molar-refractivity contribution is 0.0747. The van der Waals surface area contributed by atoms with E-state index in [0.29, 0.717) is 0 Å². The predicted octanol–water partition coefficient (Wildman–Crippen LogP) is 2.87. The summed E-state index contributed by atoms with van der Waals surface area (Å²) in [7, 11) is 0. The van der Waals surface area contributed by atoms with Crippen LogP contribution in [0.5, 0.6) is 0 Å². The summed E-state index contributed by atoms with van der Waals surface area (Å²) in [5.74, 6) is 0.116. The van der Waals surface area contributed by atoms with Crippen LogP contribution in [0.25, 0.3) is 0 Å². The van der Waals surface area contributed by atoms with E-state index in [1.54, 1.807) is 0 Å². The summed E-state index contributed by atoms with van der Waals surface area (Å²) >= 11 is 0. The molecule has 28 heavy (non-hydrogen) atoms. The van der Waals surface area contributed by atoms with E-state index in [1.165, 1.54) is 24.9 Å². The number of nitrogens with zero attached hydrogens (tertiary/aromatic N) is 4. The molecule has 6 nitrogen and oxygen atoms in total. The van der Waals surface area contributed by atoms with Crippen molar-refractivity contribution in [2.75, 3.05) is 49.1 Å². The molecule has 2 aliphatic rings. The normalized spacial score (nSPS) is 17.5. The van der Waals surface area contributed by atoms with E-state index >= 15 is 0 Å². The summed E-state index contributed by atoms with van der Waals surface area (Å²) in [6.45, 7) is 5.26. The van der Waals surface area contributed by atoms with Gasteiger partial charge in [0.2, 0.25) is 0 Å². The molecule has 2 N–H and O–H groups in total. The van der Waals surface area contributed by atoms with Gasteiger partial charge in [0.25, 0.3) is 5.91 Å². The first-order chi connectivity index (χ1) is 13.8. The molecule has 0 aromatic heterocycles. The van der Waals surface area contributed by atoms with Crippen molar-refractivity contribution in [3.05, 3.63) is 54.1 Å². The molecule has 0 saturated carbocycles. The second kappa shape index (κ2) is 8.33. The highest BCUT2D eigenvalue weighted by Crippen LogP contribution is 2.35. The van der Waals surface area contributed by atoms with Crippen LogP contribution in [0.15, 0.2) is 53.5 Å². The lowest BCUT2D eigenvalue weighted by atomic mass is 10.1. The van der Waals surface area contributed by atoms with Gasteiger partial charge in [-0.1, -0.05) is 18.2 Å². The molecule has 2 heterocycles. The number of hydrogen-bond acceptors (Lipinski definition) is 4. The van der Waals surface area contributed by atoms with Gasteiger partial charge in [-0.15, -0.1) is 0 Å². The molecule has 0 atom stereocenters. The van der Waals surface area contributed by atoms with E-state index in [4.69, 9.17) is 5.73 Å². The van der Waals surface area contributed by atoms with Crippen LogP contribution >= 0.6 is 0 Å². The Bertz CT molecular complexity index is 837. The number of nitrogens with two attached hydrogens (primary N) is 1. The lowest BCUT2D eigenvalue weighted by Crippen LogP contribution is -2.48. The minimum absolute atomic E-state index is 0.116. The second-order valence-electron chi connectivity index (χ2n) is 7.29. The highest BCUT2D eigenvalue weighted by molar-refractivity contribution is 5.94. The lowest BCUT2D eigenvalue weighted by Gasteiger charge is -2.36. The number of aliphatic imine (C=N–C) groups is 1. The molecule has 2 fully saturated rings. The topological polar surface area (TPSA) is 65.2 Å². The number of anilines is 2. The summed E-state index contributed by atoms with van der Waals surface area (Å²) in [4.78, 5) is 23.7. The van der Waals surface area contributed by atoms with Gasteiger partial charge in [-0.2, -0.15) is 0 Å². The molecule has 4 rings (SSSR count). The first-order valence-corrected chi connectivity index (χ1v) is 9.99. The molecule has 0 aliphatic carbocycles. The molecule has 2 aromatic rings. The SMILES string of the molecule is NC=Nc1ccc(N2CCN(C(=O)c3ccccc3)CC2)cc1N1CCCC1. The van der Waals surface area contributed by atoms with E-state index in [1.807, 2.05) is 41.3 Å². The fourth-order valence-corrected chi connectivity index (χ4v) is 4.04. The molecular weight excluding hydrogens is 350 g/mol. The van der Waals surface area contributed by atoms with Crippen LogP contribution in [0.3, 0.4) is 0 Å². The zero-order chi connectivity index (χ0) is 19.3. The molecule has 0 bridgehead atoms. The maximum atomic E-state index is 12.7. The van der Waals surface area contributed by atoms with Crippen LogP contribution in [0.1, 0.15) is 23.2 Å². The Hall–Kier alpha value is -3.02. The molecule has 146 valence electrons. The van der Waals surface area contributed by atoms with E-state index in [0.717, 1.165) is 56.2 Å². The monoisotopic (exact) mass is 377 g/mol. The van der Waals surface area contributed by atoms with Gasteiger partial charge in [-0.3, -0.25) is 4.79 Å². The Kier molecular flexibility index (Phi) is 5.46. The van der Waals surface area contributed by atoms with Crippen molar-refractivity contribution >= 4 is 29.3 Å². The summed E-state index contributed by atoms with van der Waals surface area (Å²) < 4.78 is 0. The third kappa shape index (κ3) is 3.81. The smallest absolute Gasteiger partial charge is 0.253 e. The number of piperazine rings is 1. The molecule has 2 aromatic carbocycles. The highest BCUT2D eigenvalue weighted by Gasteiger charge is 2.23. The largest absolute Gasteiger partial charge is 0.390 e. The molecule has 0 spiro atoms. The number of carbonyl (C=O) groups is 1. The maximum absolute atomic E-state index is 12.7. The zero-order valence-corrected chi connectivity index (χ0v) is 16.1. The van der Waals surface area contributed by atoms with Crippen LogP contribution in [0.4, 0.5) is 17.1 Å². The van der Waals surface area contributed by atoms with Crippen LogP contribution in [-0.4, -0.2) is 56.4 Å². The van der Waals surface area contributed by atoms with Crippen molar-refractivity contribution in [3.8, 4) is 0 Å². The molecular formula is C22H27N5O. The fraction of sp³-hybridized carbons (Fsp3) is 0.364. The van der Waals surface area contributed by atoms with Crippen LogP contribution in [0.2, 0.25) is 0 Å². The van der Waals surface area contributed by atoms with Gasteiger partial charge in [0.15, 0.2) is 0 Å². The van der Waals surface area contributed by atoms with Gasteiger partial charge < -0.3 is 20.4 Å².